The number of rotatable bonds is 5. The first-order valence-corrected chi connectivity index (χ1v) is 10.7. The average molecular weight is 511 g/mol. The zero-order valence-electron chi connectivity index (χ0n) is 20.6. The summed E-state index contributed by atoms with van der Waals surface area (Å²) in [6, 6.07) is 4.99. The Kier molecular flexibility index (Phi) is 14.0. The summed E-state index contributed by atoms with van der Waals surface area (Å²) in [5.74, 6) is 36.8. The summed E-state index contributed by atoms with van der Waals surface area (Å²) in [5.41, 5.74) is 4.18. The fourth-order valence-electron chi connectivity index (χ4n) is 3.16. The Morgan fingerprint density at radius 2 is 1.51 bits per heavy atom. The molecule has 1 heterocycles. The van der Waals surface area contributed by atoms with Gasteiger partial charge in [-0.25, -0.2) is 4.79 Å². The third-order valence-electron chi connectivity index (χ3n) is 4.59. The van der Waals surface area contributed by atoms with E-state index in [-0.39, 0.29) is 29.8 Å². The molecule has 0 spiro atoms. The largest absolute Gasteiger partial charge is 0.468 e. The van der Waals surface area contributed by atoms with E-state index in [9.17, 15) is 9.59 Å². The standard InChI is InChI=1S/C30H20N2O3.CH2O.12H2/c1-4-5-6-7-8-9-10-11-12-13-14-15-16-19-26-20-17-18-24(2)28(26)29-27(21-22-35-23-33)25(3)31-30(34)32-29;1-2;;;;;;;;;;;;/h17-18,20,23,29H,21-22H2,1-3H3,(H2,31,32,34);1H2;12*1H. The van der Waals surface area contributed by atoms with Crippen molar-refractivity contribution in [3.8, 4) is 82.9 Å². The molecule has 0 aliphatic carbocycles. The van der Waals surface area contributed by atoms with E-state index in [0.29, 0.717) is 12.9 Å². The van der Waals surface area contributed by atoms with E-state index in [1.165, 1.54) is 0 Å². The van der Waals surface area contributed by atoms with Crippen LogP contribution in [0.1, 0.15) is 60.1 Å². The highest BCUT2D eigenvalue weighted by Gasteiger charge is 2.28. The van der Waals surface area contributed by atoms with E-state index in [0.717, 1.165) is 28.0 Å². The number of carbonyl (C=O) groups excluding carboxylic acids is 3. The molecule has 1 unspecified atom stereocenters. The fourth-order valence-corrected chi connectivity index (χ4v) is 3.16. The SMILES string of the molecule is C=O.CC#CC#CC#CC#CC#CC#CC#Cc1cccc(C)c1C1NC(=O)NC(C)=C1CCOC=O.[HH].[HH].[HH].[HH].[HH].[HH].[HH].[HH].[HH].[HH].[HH].[HH]. The summed E-state index contributed by atoms with van der Waals surface area (Å²) >= 11 is 0. The summed E-state index contributed by atoms with van der Waals surface area (Å²) < 4.78 is 4.87. The molecule has 37 heavy (non-hydrogen) atoms. The molecule has 2 rings (SSSR count). The Bertz CT molecular complexity index is 1540. The number of hydrogen-bond acceptors (Lipinski definition) is 4. The maximum absolute atomic E-state index is 12.2. The van der Waals surface area contributed by atoms with Crippen molar-refractivity contribution in [2.45, 2.75) is 33.2 Å². The average Bonchev–Trinajstić information content (AvgIpc) is 2.89. The zero-order chi connectivity index (χ0) is 27.3. The summed E-state index contributed by atoms with van der Waals surface area (Å²) in [5, 5.41) is 5.72. The normalized spacial score (nSPS) is 11.9. The molecule has 1 aliphatic heterocycles. The first kappa shape index (κ1) is 29.3. The smallest absolute Gasteiger partial charge is 0.319 e. The van der Waals surface area contributed by atoms with Crippen LogP contribution in [0.4, 0.5) is 4.79 Å². The summed E-state index contributed by atoms with van der Waals surface area (Å²) in [7, 11) is 0. The Balaban J connectivity index is -0.0000000959. The summed E-state index contributed by atoms with van der Waals surface area (Å²) in [6.07, 6.45) is 0.462. The van der Waals surface area contributed by atoms with Gasteiger partial charge < -0.3 is 20.2 Å². The van der Waals surface area contributed by atoms with Crippen molar-refractivity contribution in [3.63, 3.8) is 0 Å². The Hall–Kier alpha value is -5.71. The van der Waals surface area contributed by atoms with E-state index in [1.807, 2.05) is 38.8 Å². The summed E-state index contributed by atoms with van der Waals surface area (Å²) in [4.78, 5) is 30.7. The second-order valence-electron chi connectivity index (χ2n) is 6.81. The van der Waals surface area contributed by atoms with E-state index in [2.05, 4.69) is 93.5 Å². The van der Waals surface area contributed by atoms with Crippen LogP contribution >= 0.6 is 0 Å². The van der Waals surface area contributed by atoms with Gasteiger partial charge in [0.1, 0.15) is 6.79 Å². The lowest BCUT2D eigenvalue weighted by atomic mass is 9.87. The van der Waals surface area contributed by atoms with E-state index >= 15 is 0 Å². The highest BCUT2D eigenvalue weighted by Crippen LogP contribution is 2.32. The highest BCUT2D eigenvalue weighted by atomic mass is 16.5. The van der Waals surface area contributed by atoms with Crippen LogP contribution in [0.2, 0.25) is 0 Å². The second kappa shape index (κ2) is 17.7. The highest BCUT2D eigenvalue weighted by molar-refractivity contribution is 5.79. The molecule has 2 amide bonds. The molecule has 204 valence electrons. The minimum absolute atomic E-state index is 0. The quantitative estimate of drug-likeness (QED) is 0.318. The van der Waals surface area contributed by atoms with Crippen LogP contribution < -0.4 is 10.6 Å². The van der Waals surface area contributed by atoms with E-state index in [4.69, 9.17) is 9.53 Å². The van der Waals surface area contributed by atoms with Crippen molar-refractivity contribution in [2.75, 3.05) is 6.61 Å². The van der Waals surface area contributed by atoms with Crippen LogP contribution in [0.3, 0.4) is 0 Å². The van der Waals surface area contributed by atoms with Gasteiger partial charge in [-0.1, -0.05) is 24.0 Å². The predicted molar refractivity (Wildman–Crippen MR) is 167 cm³/mol. The van der Waals surface area contributed by atoms with Gasteiger partial charge in [0.25, 0.3) is 6.47 Å². The first-order chi connectivity index (χ1) is 18.1. The number of benzene rings is 1. The number of allylic oxidation sites excluding steroid dienone is 1. The second-order valence-corrected chi connectivity index (χ2v) is 6.81. The molecule has 0 saturated heterocycles. The zero-order valence-corrected chi connectivity index (χ0v) is 20.6. The number of nitrogens with one attached hydrogen (secondary N) is 2. The van der Waals surface area contributed by atoms with Gasteiger partial charge in [-0.2, -0.15) is 0 Å². The molecule has 6 heteroatoms. The topological polar surface area (TPSA) is 84.5 Å². The van der Waals surface area contributed by atoms with Crippen molar-refractivity contribution in [2.24, 2.45) is 0 Å². The number of urea groups is 1. The number of ether oxygens (including phenoxy) is 1. The maximum Gasteiger partial charge on any atom is 0.319 e. The predicted octanol–water partition coefficient (Wildman–Crippen LogP) is 5.34. The minimum Gasteiger partial charge on any atom is -0.468 e. The lowest BCUT2D eigenvalue weighted by Gasteiger charge is -2.31. The maximum atomic E-state index is 12.2. The van der Waals surface area contributed by atoms with Crippen LogP contribution in [0.25, 0.3) is 0 Å². The van der Waals surface area contributed by atoms with Gasteiger partial charge in [0.05, 0.1) is 12.6 Å². The monoisotopic (exact) mass is 510 g/mol. The minimum atomic E-state index is -0.410. The molecule has 0 saturated carbocycles. The van der Waals surface area contributed by atoms with Gasteiger partial charge in [-0.05, 0) is 115 Å². The number of carbonyl (C=O) groups is 3. The van der Waals surface area contributed by atoms with Gasteiger partial charge in [-0.15, -0.1) is 0 Å². The molecule has 2 N–H and O–H groups in total. The van der Waals surface area contributed by atoms with Crippen LogP contribution in [0.15, 0.2) is 29.5 Å². The van der Waals surface area contributed by atoms with Gasteiger partial charge in [0, 0.05) is 34.8 Å². The van der Waals surface area contributed by atoms with Gasteiger partial charge in [0.2, 0.25) is 0 Å². The third kappa shape index (κ3) is 10.4. The third-order valence-corrected chi connectivity index (χ3v) is 4.59. The molecule has 0 fully saturated rings. The van der Waals surface area contributed by atoms with Crippen molar-refractivity contribution in [1.82, 2.24) is 10.6 Å². The van der Waals surface area contributed by atoms with Crippen LogP contribution in [-0.2, 0) is 14.3 Å². The van der Waals surface area contributed by atoms with E-state index < -0.39 is 6.04 Å². The number of amides is 2. The number of aryl methyl sites for hydroxylation is 1. The van der Waals surface area contributed by atoms with Gasteiger partial charge in [0.15, 0.2) is 0 Å². The number of hydrogen-bond donors (Lipinski definition) is 2. The molecule has 0 aromatic heterocycles. The van der Waals surface area contributed by atoms with Crippen LogP contribution in [0, 0.1) is 89.8 Å². The lowest BCUT2D eigenvalue weighted by molar-refractivity contribution is -0.128. The van der Waals surface area contributed by atoms with Gasteiger partial charge in [-0.3, -0.25) is 4.79 Å². The molecule has 1 aromatic rings. The van der Waals surface area contributed by atoms with Crippen molar-refractivity contribution in [3.05, 3.63) is 46.2 Å². The molecular formula is C31H46N2O4. The molecule has 0 radical (unpaired) electrons. The molecule has 0 bridgehead atoms. The van der Waals surface area contributed by atoms with E-state index in [1.54, 1.807) is 6.92 Å². The molecule has 1 aliphatic rings. The fraction of sp³-hybridized carbons (Fsp3) is 0.194. The Labute approximate surface area is 235 Å². The van der Waals surface area contributed by atoms with Crippen molar-refractivity contribution >= 4 is 19.3 Å². The molecule has 1 atom stereocenters. The van der Waals surface area contributed by atoms with Crippen LogP contribution in [0.5, 0.6) is 0 Å². The van der Waals surface area contributed by atoms with Crippen LogP contribution in [-0.4, -0.2) is 25.9 Å². The lowest BCUT2D eigenvalue weighted by Crippen LogP contribution is -2.44. The first-order valence-electron chi connectivity index (χ1n) is 10.7. The summed E-state index contributed by atoms with van der Waals surface area (Å²) in [6.45, 7) is 8.07. The Morgan fingerprint density at radius 3 is 2.08 bits per heavy atom. The molecular weight excluding hydrogens is 464 g/mol. The van der Waals surface area contributed by atoms with Crippen molar-refractivity contribution < 1.29 is 36.2 Å². The van der Waals surface area contributed by atoms with Crippen molar-refractivity contribution in [1.29, 1.82) is 0 Å². The van der Waals surface area contributed by atoms with Gasteiger partial charge >= 0.3 is 6.03 Å². The molecule has 6 nitrogen and oxygen atoms in total. The Morgan fingerprint density at radius 1 is 0.946 bits per heavy atom. The molecule has 1 aromatic carbocycles.